The van der Waals surface area contributed by atoms with Crippen molar-refractivity contribution >= 4 is 11.0 Å². The summed E-state index contributed by atoms with van der Waals surface area (Å²) in [7, 11) is 0. The molecule has 6 heteroatoms. The first-order valence-electron chi connectivity index (χ1n) is 4.37. The monoisotopic (exact) mass is 198 g/mol. The minimum Gasteiger partial charge on any atom is -0.262 e. The third-order valence-corrected chi connectivity index (χ3v) is 2.01. The molecule has 3 aromatic rings. The molecule has 0 unspecified atom stereocenters. The molecule has 0 radical (unpaired) electrons. The molecule has 0 atom stereocenters. The third kappa shape index (κ3) is 1.23. The van der Waals surface area contributed by atoms with E-state index in [2.05, 4.69) is 25.3 Å². The van der Waals surface area contributed by atoms with Gasteiger partial charge in [0.15, 0.2) is 5.82 Å². The van der Waals surface area contributed by atoms with E-state index >= 15 is 0 Å². The summed E-state index contributed by atoms with van der Waals surface area (Å²) in [5.74, 6) is 0.645. The van der Waals surface area contributed by atoms with Gasteiger partial charge in [0.05, 0.1) is 17.9 Å². The SMILES string of the molecule is c1cnc(-n2nnc3cnccc32)cn1. The molecule has 0 saturated heterocycles. The zero-order chi connectivity index (χ0) is 10.1. The lowest BCUT2D eigenvalue weighted by Crippen LogP contribution is -1.99. The molecule has 0 aliphatic rings. The van der Waals surface area contributed by atoms with Gasteiger partial charge in [0.25, 0.3) is 0 Å². The largest absolute Gasteiger partial charge is 0.262 e. The number of rotatable bonds is 1. The van der Waals surface area contributed by atoms with E-state index in [4.69, 9.17) is 0 Å². The van der Waals surface area contributed by atoms with Crippen LogP contribution in [0.2, 0.25) is 0 Å². The molecule has 0 aliphatic carbocycles. The van der Waals surface area contributed by atoms with Gasteiger partial charge in [0.1, 0.15) is 5.52 Å². The van der Waals surface area contributed by atoms with E-state index < -0.39 is 0 Å². The van der Waals surface area contributed by atoms with Gasteiger partial charge in [-0.15, -0.1) is 5.10 Å². The molecule has 0 aromatic carbocycles. The minimum absolute atomic E-state index is 0.645. The molecule has 0 amide bonds. The highest BCUT2D eigenvalue weighted by atomic mass is 15.4. The first kappa shape index (κ1) is 7.98. The Morgan fingerprint density at radius 1 is 1.00 bits per heavy atom. The smallest absolute Gasteiger partial charge is 0.174 e. The van der Waals surface area contributed by atoms with Crippen molar-refractivity contribution in [3.63, 3.8) is 0 Å². The van der Waals surface area contributed by atoms with E-state index in [9.17, 15) is 0 Å². The first-order valence-corrected chi connectivity index (χ1v) is 4.37. The molecule has 3 aromatic heterocycles. The van der Waals surface area contributed by atoms with Crippen molar-refractivity contribution < 1.29 is 0 Å². The predicted octanol–water partition coefficient (Wildman–Crippen LogP) is 0.605. The Kier molecular flexibility index (Phi) is 1.64. The van der Waals surface area contributed by atoms with Crippen LogP contribution in [-0.4, -0.2) is 29.9 Å². The van der Waals surface area contributed by atoms with Crippen molar-refractivity contribution in [2.24, 2.45) is 0 Å². The van der Waals surface area contributed by atoms with Gasteiger partial charge in [-0.25, -0.2) is 4.98 Å². The van der Waals surface area contributed by atoms with Crippen LogP contribution in [-0.2, 0) is 0 Å². The van der Waals surface area contributed by atoms with Crippen LogP contribution >= 0.6 is 0 Å². The average Bonchev–Trinajstić information content (AvgIpc) is 2.74. The topological polar surface area (TPSA) is 69.4 Å². The summed E-state index contributed by atoms with van der Waals surface area (Å²) in [4.78, 5) is 12.1. The molecule has 6 nitrogen and oxygen atoms in total. The van der Waals surface area contributed by atoms with Crippen molar-refractivity contribution in [3.05, 3.63) is 37.1 Å². The Morgan fingerprint density at radius 3 is 2.80 bits per heavy atom. The summed E-state index contributed by atoms with van der Waals surface area (Å²) in [5.41, 5.74) is 1.61. The molecule has 15 heavy (non-hydrogen) atoms. The van der Waals surface area contributed by atoms with Crippen LogP contribution in [0.25, 0.3) is 16.9 Å². The normalized spacial score (nSPS) is 10.7. The second-order valence-corrected chi connectivity index (χ2v) is 2.93. The maximum Gasteiger partial charge on any atom is 0.174 e. The number of hydrogen-bond acceptors (Lipinski definition) is 5. The fourth-order valence-corrected chi connectivity index (χ4v) is 1.35. The summed E-state index contributed by atoms with van der Waals surface area (Å²) in [6.07, 6.45) is 8.22. The molecule has 0 aliphatic heterocycles. The molecule has 0 bridgehead atoms. The molecule has 0 N–H and O–H groups in total. The Labute approximate surface area is 84.6 Å². The van der Waals surface area contributed by atoms with Gasteiger partial charge in [0, 0.05) is 18.6 Å². The van der Waals surface area contributed by atoms with Gasteiger partial charge in [0.2, 0.25) is 0 Å². The lowest BCUT2D eigenvalue weighted by atomic mass is 10.4. The van der Waals surface area contributed by atoms with Gasteiger partial charge < -0.3 is 0 Å². The van der Waals surface area contributed by atoms with Crippen LogP contribution in [0.1, 0.15) is 0 Å². The molecule has 72 valence electrons. The molecule has 0 fully saturated rings. The molecule has 3 heterocycles. The van der Waals surface area contributed by atoms with Gasteiger partial charge in [-0.2, -0.15) is 4.68 Å². The Morgan fingerprint density at radius 2 is 1.93 bits per heavy atom. The average molecular weight is 198 g/mol. The van der Waals surface area contributed by atoms with Crippen molar-refractivity contribution in [1.82, 2.24) is 29.9 Å². The Hall–Kier alpha value is -2.37. The summed E-state index contributed by atoms with van der Waals surface area (Å²) in [6, 6.07) is 1.84. The fourth-order valence-electron chi connectivity index (χ4n) is 1.35. The lowest BCUT2D eigenvalue weighted by molar-refractivity contribution is 0.795. The van der Waals surface area contributed by atoms with Crippen LogP contribution in [0, 0.1) is 0 Å². The van der Waals surface area contributed by atoms with Crippen LogP contribution in [0.15, 0.2) is 37.1 Å². The molecule has 0 saturated carbocycles. The molecular weight excluding hydrogens is 192 g/mol. The zero-order valence-corrected chi connectivity index (χ0v) is 7.65. The summed E-state index contributed by atoms with van der Waals surface area (Å²) < 4.78 is 1.63. The van der Waals surface area contributed by atoms with E-state index in [-0.39, 0.29) is 0 Å². The second-order valence-electron chi connectivity index (χ2n) is 2.93. The van der Waals surface area contributed by atoms with E-state index in [1.54, 1.807) is 35.7 Å². The lowest BCUT2D eigenvalue weighted by Gasteiger charge is -1.98. The number of aromatic nitrogens is 6. The first-order chi connectivity index (χ1) is 7.45. The Balaban J connectivity index is 2.28. The van der Waals surface area contributed by atoms with Gasteiger partial charge in [-0.3, -0.25) is 9.97 Å². The Bertz CT molecular complexity index is 588. The summed E-state index contributed by atoms with van der Waals surface area (Å²) in [6.45, 7) is 0. The van der Waals surface area contributed by atoms with Crippen molar-refractivity contribution in [3.8, 4) is 5.82 Å². The number of fused-ring (bicyclic) bond motifs is 1. The molecule has 0 spiro atoms. The maximum absolute atomic E-state index is 4.15. The van der Waals surface area contributed by atoms with E-state index in [1.807, 2.05) is 6.07 Å². The maximum atomic E-state index is 4.15. The van der Waals surface area contributed by atoms with Gasteiger partial charge in [-0.05, 0) is 6.07 Å². The standard InChI is InChI=1S/C9H6N6/c1-2-10-5-7-8(1)15(14-13-7)9-6-11-3-4-12-9/h1-6H. The van der Waals surface area contributed by atoms with Crippen LogP contribution < -0.4 is 0 Å². The fraction of sp³-hybridized carbons (Fsp3) is 0. The van der Waals surface area contributed by atoms with Crippen molar-refractivity contribution in [2.45, 2.75) is 0 Å². The number of pyridine rings is 1. The van der Waals surface area contributed by atoms with E-state index in [0.29, 0.717) is 5.82 Å². The second kappa shape index (κ2) is 3.09. The predicted molar refractivity (Wildman–Crippen MR) is 52.3 cm³/mol. The number of nitrogens with zero attached hydrogens (tertiary/aromatic N) is 6. The van der Waals surface area contributed by atoms with E-state index in [0.717, 1.165) is 11.0 Å². The molecule has 3 rings (SSSR count). The van der Waals surface area contributed by atoms with Crippen LogP contribution in [0.3, 0.4) is 0 Å². The highest BCUT2D eigenvalue weighted by Crippen LogP contribution is 2.11. The summed E-state index contributed by atoms with van der Waals surface area (Å²) >= 11 is 0. The third-order valence-electron chi connectivity index (χ3n) is 2.01. The minimum atomic E-state index is 0.645. The van der Waals surface area contributed by atoms with Gasteiger partial charge >= 0.3 is 0 Å². The van der Waals surface area contributed by atoms with Crippen molar-refractivity contribution in [2.75, 3.05) is 0 Å². The summed E-state index contributed by atoms with van der Waals surface area (Å²) in [5, 5.41) is 7.97. The van der Waals surface area contributed by atoms with E-state index in [1.165, 1.54) is 0 Å². The highest BCUT2D eigenvalue weighted by molar-refractivity contribution is 5.74. The van der Waals surface area contributed by atoms with Gasteiger partial charge in [-0.1, -0.05) is 5.21 Å². The van der Waals surface area contributed by atoms with Crippen molar-refractivity contribution in [1.29, 1.82) is 0 Å². The number of hydrogen-bond donors (Lipinski definition) is 0. The quantitative estimate of drug-likeness (QED) is 0.572. The highest BCUT2D eigenvalue weighted by Gasteiger charge is 2.06. The zero-order valence-electron chi connectivity index (χ0n) is 7.65. The van der Waals surface area contributed by atoms with Crippen LogP contribution in [0.5, 0.6) is 0 Å². The molecular formula is C9H6N6. The van der Waals surface area contributed by atoms with Crippen LogP contribution in [0.4, 0.5) is 0 Å².